The van der Waals surface area contributed by atoms with E-state index in [1.54, 1.807) is 19.2 Å². The van der Waals surface area contributed by atoms with E-state index in [4.69, 9.17) is 9.84 Å². The number of ether oxygens (including phenoxy) is 1. The topological polar surface area (TPSA) is 58.6 Å². The molecule has 4 nitrogen and oxygen atoms in total. The van der Waals surface area contributed by atoms with Crippen molar-refractivity contribution in [1.29, 1.82) is 0 Å². The van der Waals surface area contributed by atoms with Crippen LogP contribution in [-0.2, 0) is 11.3 Å². The lowest BCUT2D eigenvalue weighted by Gasteiger charge is -2.07. The number of benzene rings is 1. The molecule has 0 heterocycles. The van der Waals surface area contributed by atoms with Gasteiger partial charge in [-0.3, -0.25) is 0 Å². The number of carboxylic acids is 1. The van der Waals surface area contributed by atoms with Crippen LogP contribution in [0.15, 0.2) is 24.3 Å². The lowest BCUT2D eigenvalue weighted by Crippen LogP contribution is -2.18. The molecule has 1 aromatic carbocycles. The highest BCUT2D eigenvalue weighted by atomic mass is 16.5. The minimum absolute atomic E-state index is 0.363. The van der Waals surface area contributed by atoms with Gasteiger partial charge in [0, 0.05) is 20.3 Å². The van der Waals surface area contributed by atoms with Crippen LogP contribution in [0.3, 0.4) is 0 Å². The molecule has 0 amide bonds. The highest BCUT2D eigenvalue weighted by Crippen LogP contribution is 2.08. The number of nitrogens with one attached hydrogen (secondary N) is 1. The number of aromatic carboxylic acids is 1. The van der Waals surface area contributed by atoms with Gasteiger partial charge in [0.1, 0.15) is 0 Å². The summed E-state index contributed by atoms with van der Waals surface area (Å²) in [5, 5.41) is 12.1. The molecule has 0 aliphatic carbocycles. The first-order valence-electron chi connectivity index (χ1n) is 5.26. The van der Waals surface area contributed by atoms with Crippen LogP contribution < -0.4 is 5.32 Å². The van der Waals surface area contributed by atoms with Crippen LogP contribution in [0, 0.1) is 0 Å². The largest absolute Gasteiger partial charge is 0.478 e. The quantitative estimate of drug-likeness (QED) is 0.688. The molecule has 0 bridgehead atoms. The van der Waals surface area contributed by atoms with Crippen molar-refractivity contribution >= 4 is 5.97 Å². The first-order valence-corrected chi connectivity index (χ1v) is 5.26. The van der Waals surface area contributed by atoms with Gasteiger partial charge in [0.05, 0.1) is 5.56 Å². The van der Waals surface area contributed by atoms with Crippen LogP contribution in [0.25, 0.3) is 0 Å². The molecule has 4 heteroatoms. The van der Waals surface area contributed by atoms with E-state index in [0.29, 0.717) is 18.7 Å². The second-order valence-electron chi connectivity index (χ2n) is 3.49. The average molecular weight is 223 g/mol. The van der Waals surface area contributed by atoms with Gasteiger partial charge >= 0.3 is 5.97 Å². The maximum atomic E-state index is 10.9. The number of hydrogen-bond acceptors (Lipinski definition) is 3. The predicted octanol–water partition coefficient (Wildman–Crippen LogP) is 1.51. The third-order valence-corrected chi connectivity index (χ3v) is 2.27. The van der Waals surface area contributed by atoms with E-state index < -0.39 is 5.97 Å². The molecule has 0 aromatic heterocycles. The number of hydrogen-bond donors (Lipinski definition) is 2. The molecule has 2 N–H and O–H groups in total. The first kappa shape index (κ1) is 12.7. The normalized spacial score (nSPS) is 10.3. The SMILES string of the molecule is COCCCNCc1ccccc1C(=O)O. The Bertz CT molecular complexity index is 339. The molecule has 1 rings (SSSR count). The third kappa shape index (κ3) is 4.00. The van der Waals surface area contributed by atoms with Crippen molar-refractivity contribution in [3.05, 3.63) is 35.4 Å². The fourth-order valence-electron chi connectivity index (χ4n) is 1.45. The van der Waals surface area contributed by atoms with Gasteiger partial charge in [-0.25, -0.2) is 4.79 Å². The molecule has 88 valence electrons. The van der Waals surface area contributed by atoms with Gasteiger partial charge in [-0.05, 0) is 24.6 Å². The van der Waals surface area contributed by atoms with Gasteiger partial charge in [0.2, 0.25) is 0 Å². The van der Waals surface area contributed by atoms with Crippen molar-refractivity contribution in [2.24, 2.45) is 0 Å². The van der Waals surface area contributed by atoms with Gasteiger partial charge in [-0.2, -0.15) is 0 Å². The molecule has 0 radical (unpaired) electrons. The summed E-state index contributed by atoms with van der Waals surface area (Å²) in [5.74, 6) is -0.880. The summed E-state index contributed by atoms with van der Waals surface area (Å²) in [6, 6.07) is 7.03. The van der Waals surface area contributed by atoms with Gasteiger partial charge < -0.3 is 15.2 Å². The molecule has 1 aromatic rings. The zero-order valence-electron chi connectivity index (χ0n) is 9.40. The van der Waals surface area contributed by atoms with Crippen molar-refractivity contribution in [3.8, 4) is 0 Å². The van der Waals surface area contributed by atoms with Crippen molar-refractivity contribution in [2.75, 3.05) is 20.3 Å². The van der Waals surface area contributed by atoms with Crippen molar-refractivity contribution in [2.45, 2.75) is 13.0 Å². The summed E-state index contributed by atoms with van der Waals surface area (Å²) in [7, 11) is 1.67. The van der Waals surface area contributed by atoms with Crippen LogP contribution in [0.1, 0.15) is 22.3 Å². The molecule has 0 saturated carbocycles. The smallest absolute Gasteiger partial charge is 0.336 e. The van der Waals surface area contributed by atoms with E-state index in [2.05, 4.69) is 5.32 Å². The van der Waals surface area contributed by atoms with Gasteiger partial charge in [0.25, 0.3) is 0 Å². The molecule has 0 saturated heterocycles. The summed E-state index contributed by atoms with van der Waals surface area (Å²) in [5.41, 5.74) is 1.18. The van der Waals surface area contributed by atoms with E-state index in [9.17, 15) is 4.79 Å². The molecule has 0 unspecified atom stereocenters. The number of carboxylic acid groups (broad SMARTS) is 1. The number of methoxy groups -OCH3 is 1. The molecule has 0 spiro atoms. The Morgan fingerprint density at radius 2 is 2.19 bits per heavy atom. The molecule has 0 atom stereocenters. The Labute approximate surface area is 95.2 Å². The lowest BCUT2D eigenvalue weighted by atomic mass is 10.1. The van der Waals surface area contributed by atoms with E-state index in [-0.39, 0.29) is 0 Å². The Kier molecular flexibility index (Phi) is 5.53. The number of rotatable bonds is 7. The summed E-state index contributed by atoms with van der Waals surface area (Å²) < 4.78 is 4.92. The van der Waals surface area contributed by atoms with Crippen LogP contribution >= 0.6 is 0 Å². The maximum absolute atomic E-state index is 10.9. The minimum atomic E-state index is -0.880. The second kappa shape index (κ2) is 6.98. The van der Waals surface area contributed by atoms with Crippen LogP contribution in [0.2, 0.25) is 0 Å². The fourth-order valence-corrected chi connectivity index (χ4v) is 1.45. The van der Waals surface area contributed by atoms with Crippen molar-refractivity contribution in [1.82, 2.24) is 5.32 Å². The second-order valence-corrected chi connectivity index (χ2v) is 3.49. The molecule has 0 aliphatic heterocycles. The van der Waals surface area contributed by atoms with Crippen LogP contribution in [-0.4, -0.2) is 31.3 Å². The Hall–Kier alpha value is -1.39. The van der Waals surface area contributed by atoms with E-state index in [1.165, 1.54) is 0 Å². The average Bonchev–Trinajstić information content (AvgIpc) is 2.29. The van der Waals surface area contributed by atoms with Crippen molar-refractivity contribution in [3.63, 3.8) is 0 Å². The predicted molar refractivity (Wildman–Crippen MR) is 61.6 cm³/mol. The van der Waals surface area contributed by atoms with Gasteiger partial charge in [-0.1, -0.05) is 18.2 Å². The van der Waals surface area contributed by atoms with E-state index in [1.807, 2.05) is 12.1 Å². The molecule has 16 heavy (non-hydrogen) atoms. The lowest BCUT2D eigenvalue weighted by molar-refractivity contribution is 0.0695. The minimum Gasteiger partial charge on any atom is -0.478 e. The Morgan fingerprint density at radius 1 is 1.44 bits per heavy atom. The Morgan fingerprint density at radius 3 is 2.88 bits per heavy atom. The standard InChI is InChI=1S/C12H17NO3/c1-16-8-4-7-13-9-10-5-2-3-6-11(10)12(14)15/h2-3,5-6,13H,4,7-9H2,1H3,(H,14,15). The third-order valence-electron chi connectivity index (χ3n) is 2.27. The Balaban J connectivity index is 2.44. The van der Waals surface area contributed by atoms with E-state index in [0.717, 1.165) is 18.5 Å². The van der Waals surface area contributed by atoms with Gasteiger partial charge in [-0.15, -0.1) is 0 Å². The summed E-state index contributed by atoms with van der Waals surface area (Å²) in [4.78, 5) is 10.9. The molecular formula is C12H17NO3. The summed E-state index contributed by atoms with van der Waals surface area (Å²) in [6.07, 6.45) is 0.922. The number of carbonyl (C=O) groups is 1. The zero-order valence-corrected chi connectivity index (χ0v) is 9.40. The molecular weight excluding hydrogens is 206 g/mol. The van der Waals surface area contributed by atoms with E-state index >= 15 is 0 Å². The summed E-state index contributed by atoms with van der Waals surface area (Å²) >= 11 is 0. The van der Waals surface area contributed by atoms with Crippen molar-refractivity contribution < 1.29 is 14.6 Å². The first-order chi connectivity index (χ1) is 7.75. The molecule has 0 aliphatic rings. The molecule has 0 fully saturated rings. The van der Waals surface area contributed by atoms with Crippen LogP contribution in [0.4, 0.5) is 0 Å². The fraction of sp³-hybridized carbons (Fsp3) is 0.417. The maximum Gasteiger partial charge on any atom is 0.336 e. The highest BCUT2D eigenvalue weighted by molar-refractivity contribution is 5.89. The zero-order chi connectivity index (χ0) is 11.8. The monoisotopic (exact) mass is 223 g/mol. The summed E-state index contributed by atoms with van der Waals surface area (Å²) in [6.45, 7) is 2.11. The van der Waals surface area contributed by atoms with Crippen LogP contribution in [0.5, 0.6) is 0 Å². The highest BCUT2D eigenvalue weighted by Gasteiger charge is 2.07. The van der Waals surface area contributed by atoms with Gasteiger partial charge in [0.15, 0.2) is 0 Å².